The largest absolute Gasteiger partial charge is 0.480 e. The molecular weight excluding hydrogens is 362 g/mol. The Morgan fingerprint density at radius 1 is 1.29 bits per heavy atom. The van der Waals surface area contributed by atoms with Gasteiger partial charge in [0.15, 0.2) is 9.84 Å². The number of nitrogens with zero attached hydrogens (tertiary/aromatic N) is 1. The Morgan fingerprint density at radius 3 is 2.38 bits per heavy atom. The number of carboxylic acids is 1. The average molecular weight is 376 g/mol. The van der Waals surface area contributed by atoms with Gasteiger partial charge in [-0.3, -0.25) is 9.59 Å². The molecule has 0 spiro atoms. The van der Waals surface area contributed by atoms with Crippen molar-refractivity contribution < 1.29 is 23.1 Å². The van der Waals surface area contributed by atoms with Gasteiger partial charge in [-0.1, -0.05) is 15.9 Å². The second-order valence-electron chi connectivity index (χ2n) is 4.89. The quantitative estimate of drug-likeness (QED) is 0.852. The van der Waals surface area contributed by atoms with Crippen molar-refractivity contribution in [2.24, 2.45) is 0 Å². The molecule has 1 aromatic carbocycles. The lowest BCUT2D eigenvalue weighted by molar-refractivity contribution is -0.138. The lowest BCUT2D eigenvalue weighted by atomic mass is 10.1. The Labute approximate surface area is 130 Å². The molecule has 0 aromatic heterocycles. The van der Waals surface area contributed by atoms with Gasteiger partial charge in [-0.25, -0.2) is 8.42 Å². The van der Waals surface area contributed by atoms with E-state index in [1.54, 1.807) is 24.3 Å². The fourth-order valence-corrected chi connectivity index (χ4v) is 4.29. The molecule has 1 aromatic rings. The summed E-state index contributed by atoms with van der Waals surface area (Å²) >= 11 is 3.25. The van der Waals surface area contributed by atoms with Gasteiger partial charge in [0.2, 0.25) is 0 Å². The van der Waals surface area contributed by atoms with E-state index < -0.39 is 34.3 Å². The van der Waals surface area contributed by atoms with Crippen LogP contribution in [0.5, 0.6) is 0 Å². The summed E-state index contributed by atoms with van der Waals surface area (Å²) in [6.45, 7) is -0.505. The summed E-state index contributed by atoms with van der Waals surface area (Å²) in [5, 5.41) is 8.96. The molecule has 1 aliphatic heterocycles. The number of aliphatic carboxylic acids is 1. The molecule has 0 bridgehead atoms. The molecule has 21 heavy (non-hydrogen) atoms. The SMILES string of the molecule is O=C(O)CN(C(=O)c1ccc(Br)cc1)C1CCS(=O)(=O)C1. The number of carboxylic acid groups (broad SMARTS) is 1. The van der Waals surface area contributed by atoms with E-state index in [0.29, 0.717) is 5.56 Å². The van der Waals surface area contributed by atoms with Gasteiger partial charge in [0.25, 0.3) is 5.91 Å². The van der Waals surface area contributed by atoms with E-state index in [-0.39, 0.29) is 17.9 Å². The second-order valence-corrected chi connectivity index (χ2v) is 8.03. The number of rotatable bonds is 4. The third-order valence-electron chi connectivity index (χ3n) is 3.31. The van der Waals surface area contributed by atoms with Crippen molar-refractivity contribution in [3.05, 3.63) is 34.3 Å². The lowest BCUT2D eigenvalue weighted by Crippen LogP contribution is -2.44. The topological polar surface area (TPSA) is 91.8 Å². The summed E-state index contributed by atoms with van der Waals surface area (Å²) in [6.07, 6.45) is 0.276. The van der Waals surface area contributed by atoms with Crippen LogP contribution in [0.3, 0.4) is 0 Å². The minimum absolute atomic E-state index is 0.0125. The van der Waals surface area contributed by atoms with E-state index in [1.807, 2.05) is 0 Å². The van der Waals surface area contributed by atoms with Gasteiger partial charge in [0.05, 0.1) is 11.5 Å². The molecule has 1 unspecified atom stereocenters. The average Bonchev–Trinajstić information content (AvgIpc) is 2.76. The molecule has 0 aliphatic carbocycles. The van der Waals surface area contributed by atoms with Crippen LogP contribution >= 0.6 is 15.9 Å². The Morgan fingerprint density at radius 2 is 1.90 bits per heavy atom. The lowest BCUT2D eigenvalue weighted by Gasteiger charge is -2.26. The highest BCUT2D eigenvalue weighted by Crippen LogP contribution is 2.20. The van der Waals surface area contributed by atoms with E-state index in [4.69, 9.17) is 5.11 Å². The van der Waals surface area contributed by atoms with E-state index in [9.17, 15) is 18.0 Å². The van der Waals surface area contributed by atoms with E-state index >= 15 is 0 Å². The van der Waals surface area contributed by atoms with Crippen molar-refractivity contribution in [3.8, 4) is 0 Å². The maximum atomic E-state index is 12.4. The third-order valence-corrected chi connectivity index (χ3v) is 5.59. The zero-order valence-electron chi connectivity index (χ0n) is 11.0. The van der Waals surface area contributed by atoms with Crippen LogP contribution < -0.4 is 0 Å². The number of amides is 1. The standard InChI is InChI=1S/C13H14BrNO5S/c14-10-3-1-9(2-4-10)13(18)15(7-12(16)17)11-5-6-21(19,20)8-11/h1-4,11H,5-8H2,(H,16,17). The van der Waals surface area contributed by atoms with Crippen LogP contribution in [-0.4, -0.2) is 54.4 Å². The smallest absolute Gasteiger partial charge is 0.323 e. The summed E-state index contributed by atoms with van der Waals surface area (Å²) in [5.41, 5.74) is 0.337. The molecule has 1 aliphatic rings. The minimum Gasteiger partial charge on any atom is -0.480 e. The molecule has 8 heteroatoms. The highest BCUT2D eigenvalue weighted by Gasteiger charge is 2.35. The molecule has 6 nitrogen and oxygen atoms in total. The Kier molecular flexibility index (Phi) is 4.67. The first-order chi connectivity index (χ1) is 9.78. The first-order valence-corrected chi connectivity index (χ1v) is 8.89. The van der Waals surface area contributed by atoms with Gasteiger partial charge in [0, 0.05) is 16.1 Å². The van der Waals surface area contributed by atoms with Crippen LogP contribution in [0.2, 0.25) is 0 Å². The van der Waals surface area contributed by atoms with Crippen LogP contribution in [0, 0.1) is 0 Å². The normalized spacial score (nSPS) is 20.1. The van der Waals surface area contributed by atoms with Gasteiger partial charge in [0.1, 0.15) is 6.54 Å². The fourth-order valence-electron chi connectivity index (χ4n) is 2.29. The number of carbonyl (C=O) groups excluding carboxylic acids is 1. The van der Waals surface area contributed by atoms with Crippen LogP contribution in [0.4, 0.5) is 0 Å². The summed E-state index contributed by atoms with van der Waals surface area (Å²) < 4.78 is 23.9. The second kappa shape index (κ2) is 6.15. The highest BCUT2D eigenvalue weighted by molar-refractivity contribution is 9.10. The maximum Gasteiger partial charge on any atom is 0.323 e. The molecule has 1 N–H and O–H groups in total. The van der Waals surface area contributed by atoms with Crippen molar-refractivity contribution in [1.29, 1.82) is 0 Å². The first kappa shape index (κ1) is 16.0. The zero-order chi connectivity index (χ0) is 15.6. The molecule has 114 valence electrons. The van der Waals surface area contributed by atoms with Crippen molar-refractivity contribution >= 4 is 37.6 Å². The third kappa shape index (κ3) is 4.04. The Hall–Kier alpha value is -1.41. The van der Waals surface area contributed by atoms with E-state index in [1.165, 1.54) is 0 Å². The summed E-state index contributed by atoms with van der Waals surface area (Å²) in [7, 11) is -3.19. The maximum absolute atomic E-state index is 12.4. The number of halogens is 1. The number of benzene rings is 1. The zero-order valence-corrected chi connectivity index (χ0v) is 13.4. The van der Waals surface area contributed by atoms with Gasteiger partial charge in [-0.05, 0) is 30.7 Å². The van der Waals surface area contributed by atoms with Crippen molar-refractivity contribution in [1.82, 2.24) is 4.90 Å². The number of hydrogen-bond acceptors (Lipinski definition) is 4. The van der Waals surface area contributed by atoms with Gasteiger partial charge >= 0.3 is 5.97 Å². The number of carbonyl (C=O) groups is 2. The number of sulfone groups is 1. The van der Waals surface area contributed by atoms with Gasteiger partial charge in [-0.2, -0.15) is 0 Å². The van der Waals surface area contributed by atoms with Crippen LogP contribution in [0.15, 0.2) is 28.7 Å². The highest BCUT2D eigenvalue weighted by atomic mass is 79.9. The molecule has 0 saturated carbocycles. The molecular formula is C13H14BrNO5S. The molecule has 0 radical (unpaired) electrons. The predicted octanol–water partition coefficient (Wildman–Crippen LogP) is 1.16. The molecule has 1 heterocycles. The number of hydrogen-bond donors (Lipinski definition) is 1. The Balaban J connectivity index is 2.25. The summed E-state index contributed by atoms with van der Waals surface area (Å²) in [5.74, 6) is -1.82. The summed E-state index contributed by atoms with van der Waals surface area (Å²) in [4.78, 5) is 24.5. The van der Waals surface area contributed by atoms with E-state index in [2.05, 4.69) is 15.9 Å². The van der Waals surface area contributed by atoms with Crippen molar-refractivity contribution in [2.75, 3.05) is 18.1 Å². The molecule has 1 amide bonds. The Bertz CT molecular complexity index is 656. The molecule has 2 rings (SSSR count). The molecule has 1 atom stereocenters. The van der Waals surface area contributed by atoms with Gasteiger partial charge < -0.3 is 10.0 Å². The van der Waals surface area contributed by atoms with E-state index in [0.717, 1.165) is 9.37 Å². The fraction of sp³-hybridized carbons (Fsp3) is 0.385. The summed E-state index contributed by atoms with van der Waals surface area (Å²) in [6, 6.07) is 5.92. The van der Waals surface area contributed by atoms with Crippen LogP contribution in [0.1, 0.15) is 16.8 Å². The molecule has 1 fully saturated rings. The first-order valence-electron chi connectivity index (χ1n) is 6.27. The minimum atomic E-state index is -3.19. The van der Waals surface area contributed by atoms with Crippen molar-refractivity contribution in [2.45, 2.75) is 12.5 Å². The van der Waals surface area contributed by atoms with Gasteiger partial charge in [-0.15, -0.1) is 0 Å². The van der Waals surface area contributed by atoms with Crippen LogP contribution in [0.25, 0.3) is 0 Å². The molecule has 1 saturated heterocycles. The van der Waals surface area contributed by atoms with Crippen molar-refractivity contribution in [3.63, 3.8) is 0 Å². The monoisotopic (exact) mass is 375 g/mol. The predicted molar refractivity (Wildman–Crippen MR) is 79.9 cm³/mol. The van der Waals surface area contributed by atoms with Crippen LogP contribution in [-0.2, 0) is 14.6 Å².